The molecule has 0 saturated heterocycles. The molecule has 168 valence electrons. The van der Waals surface area contributed by atoms with Gasteiger partial charge in [-0.3, -0.25) is 4.99 Å². The Balaban J connectivity index is 1.13. The Labute approximate surface area is 209 Å². The van der Waals surface area contributed by atoms with Crippen LogP contribution in [-0.4, -0.2) is 43.9 Å². The molecule has 1 aliphatic heterocycles. The SMILES string of the molecule is Ic1ccc(-n2cc(COc3ccc(-c4nc5ccc(C6=NCCN6)cc5[nH]4)cc3)nn2)cc1. The van der Waals surface area contributed by atoms with E-state index in [0.717, 1.165) is 64.0 Å². The van der Waals surface area contributed by atoms with Crippen LogP contribution in [0, 0.1) is 3.57 Å². The number of fused-ring (bicyclic) bond motifs is 1. The van der Waals surface area contributed by atoms with E-state index in [4.69, 9.17) is 9.72 Å². The van der Waals surface area contributed by atoms with Gasteiger partial charge in [0.15, 0.2) is 0 Å². The minimum atomic E-state index is 0.342. The number of imidazole rings is 1. The predicted molar refractivity (Wildman–Crippen MR) is 139 cm³/mol. The molecular formula is C25H20IN7O. The second-order valence-corrected chi connectivity index (χ2v) is 9.16. The summed E-state index contributed by atoms with van der Waals surface area (Å²) in [5.41, 5.74) is 5.70. The molecule has 2 N–H and O–H groups in total. The van der Waals surface area contributed by atoms with E-state index in [1.165, 1.54) is 3.57 Å². The Bertz CT molecular complexity index is 1490. The quantitative estimate of drug-likeness (QED) is 0.301. The lowest BCUT2D eigenvalue weighted by Gasteiger charge is -2.04. The zero-order valence-corrected chi connectivity index (χ0v) is 20.2. The van der Waals surface area contributed by atoms with Crippen molar-refractivity contribution in [1.82, 2.24) is 30.3 Å². The molecule has 1 aliphatic rings. The van der Waals surface area contributed by atoms with Gasteiger partial charge in [0.25, 0.3) is 0 Å². The maximum absolute atomic E-state index is 5.92. The lowest BCUT2D eigenvalue weighted by Crippen LogP contribution is -2.19. The fraction of sp³-hybridized carbons (Fsp3) is 0.120. The summed E-state index contributed by atoms with van der Waals surface area (Å²) in [7, 11) is 0. The smallest absolute Gasteiger partial charge is 0.138 e. The molecule has 0 fully saturated rings. The van der Waals surface area contributed by atoms with Crippen molar-refractivity contribution in [2.75, 3.05) is 13.1 Å². The van der Waals surface area contributed by atoms with Gasteiger partial charge in [0.1, 0.15) is 29.7 Å². The van der Waals surface area contributed by atoms with Crippen LogP contribution in [0.4, 0.5) is 0 Å². The van der Waals surface area contributed by atoms with Crippen molar-refractivity contribution in [3.63, 3.8) is 0 Å². The number of H-pyrrole nitrogens is 1. The molecule has 8 nitrogen and oxygen atoms in total. The van der Waals surface area contributed by atoms with Crippen molar-refractivity contribution in [2.24, 2.45) is 4.99 Å². The molecule has 0 saturated carbocycles. The van der Waals surface area contributed by atoms with Crippen LogP contribution in [0.25, 0.3) is 28.1 Å². The highest BCUT2D eigenvalue weighted by molar-refractivity contribution is 14.1. The van der Waals surface area contributed by atoms with E-state index in [2.05, 4.69) is 60.3 Å². The van der Waals surface area contributed by atoms with Crippen molar-refractivity contribution >= 4 is 39.5 Å². The lowest BCUT2D eigenvalue weighted by atomic mass is 10.2. The van der Waals surface area contributed by atoms with Crippen LogP contribution in [0.2, 0.25) is 0 Å². The van der Waals surface area contributed by atoms with Crippen LogP contribution in [0.3, 0.4) is 0 Å². The van der Waals surface area contributed by atoms with Crippen LogP contribution in [-0.2, 0) is 6.61 Å². The van der Waals surface area contributed by atoms with Crippen LogP contribution in [0.5, 0.6) is 5.75 Å². The van der Waals surface area contributed by atoms with Crippen LogP contribution in [0.1, 0.15) is 11.3 Å². The van der Waals surface area contributed by atoms with Crippen LogP contribution >= 0.6 is 22.6 Å². The van der Waals surface area contributed by atoms with Gasteiger partial charge in [-0.05, 0) is 89.3 Å². The molecule has 9 heteroatoms. The molecule has 5 aromatic rings. The number of rotatable bonds is 6. The topological polar surface area (TPSA) is 93.0 Å². The van der Waals surface area contributed by atoms with E-state index in [9.17, 15) is 0 Å². The molecule has 0 atom stereocenters. The van der Waals surface area contributed by atoms with Gasteiger partial charge in [-0.15, -0.1) is 5.10 Å². The van der Waals surface area contributed by atoms with Crippen LogP contribution < -0.4 is 10.1 Å². The molecule has 0 spiro atoms. The molecule has 6 rings (SSSR count). The third-order valence-electron chi connectivity index (χ3n) is 5.58. The number of ether oxygens (including phenoxy) is 1. The summed E-state index contributed by atoms with van der Waals surface area (Å²) >= 11 is 2.28. The van der Waals surface area contributed by atoms with Crippen molar-refractivity contribution in [3.8, 4) is 22.8 Å². The monoisotopic (exact) mass is 561 g/mol. The van der Waals surface area contributed by atoms with Crippen molar-refractivity contribution in [1.29, 1.82) is 0 Å². The number of nitrogens with one attached hydrogen (secondary N) is 2. The Kier molecular flexibility index (Phi) is 5.46. The van der Waals surface area contributed by atoms with Gasteiger partial charge in [0.05, 0.1) is 29.5 Å². The van der Waals surface area contributed by atoms with Gasteiger partial charge in [-0.2, -0.15) is 0 Å². The Hall–Kier alpha value is -3.73. The van der Waals surface area contributed by atoms with Gasteiger partial charge >= 0.3 is 0 Å². The maximum atomic E-state index is 5.92. The number of aliphatic imine (C=N–C) groups is 1. The number of aromatic amines is 1. The first-order chi connectivity index (χ1) is 16.7. The second-order valence-electron chi connectivity index (χ2n) is 7.92. The fourth-order valence-corrected chi connectivity index (χ4v) is 4.20. The van der Waals surface area contributed by atoms with Gasteiger partial charge in [-0.1, -0.05) is 5.21 Å². The highest BCUT2D eigenvalue weighted by Crippen LogP contribution is 2.24. The van der Waals surface area contributed by atoms with E-state index in [1.54, 1.807) is 4.68 Å². The van der Waals surface area contributed by atoms with Crippen molar-refractivity contribution in [2.45, 2.75) is 6.61 Å². The highest BCUT2D eigenvalue weighted by atomic mass is 127. The molecule has 0 unspecified atom stereocenters. The summed E-state index contributed by atoms with van der Waals surface area (Å²) in [6.45, 7) is 2.05. The minimum Gasteiger partial charge on any atom is -0.487 e. The average Bonchev–Trinajstić information content (AvgIpc) is 3.64. The van der Waals surface area contributed by atoms with Crippen molar-refractivity contribution < 1.29 is 4.74 Å². The summed E-state index contributed by atoms with van der Waals surface area (Å²) in [6.07, 6.45) is 1.88. The first-order valence-corrected chi connectivity index (χ1v) is 12.0. The number of halogens is 1. The van der Waals surface area contributed by atoms with Gasteiger partial charge in [0.2, 0.25) is 0 Å². The standard InChI is InChI=1S/C25H20IN7O/c26-18-4-6-20(7-5-18)33-14-19(31-32-33)15-34-21-8-1-16(2-9-21)25-29-22-10-3-17(13-23(22)30-25)24-27-11-12-28-24/h1-10,13-14H,11-12,15H2,(H,27,28)(H,29,30). The van der Waals surface area contributed by atoms with E-state index < -0.39 is 0 Å². The summed E-state index contributed by atoms with van der Waals surface area (Å²) in [5, 5.41) is 11.7. The Morgan fingerprint density at radius 2 is 1.79 bits per heavy atom. The van der Waals surface area contributed by atoms with Crippen LogP contribution in [0.15, 0.2) is 77.9 Å². The molecule has 34 heavy (non-hydrogen) atoms. The molecular weight excluding hydrogens is 541 g/mol. The number of benzene rings is 3. The zero-order chi connectivity index (χ0) is 22.9. The molecule has 0 radical (unpaired) electrons. The van der Waals surface area contributed by atoms with Crippen molar-refractivity contribution in [3.05, 3.63) is 87.8 Å². The van der Waals surface area contributed by atoms with E-state index in [-0.39, 0.29) is 0 Å². The third kappa shape index (κ3) is 4.26. The normalized spacial score (nSPS) is 13.1. The molecule has 2 aromatic heterocycles. The average molecular weight is 561 g/mol. The van der Waals surface area contributed by atoms with E-state index in [1.807, 2.05) is 60.8 Å². The highest BCUT2D eigenvalue weighted by Gasteiger charge is 2.11. The first kappa shape index (κ1) is 20.8. The minimum absolute atomic E-state index is 0.342. The molecule has 0 amide bonds. The van der Waals surface area contributed by atoms with Gasteiger partial charge in [-0.25, -0.2) is 9.67 Å². The molecule has 0 bridgehead atoms. The van der Waals surface area contributed by atoms with E-state index in [0.29, 0.717) is 6.61 Å². The number of hydrogen-bond donors (Lipinski definition) is 2. The predicted octanol–water partition coefficient (Wildman–Crippen LogP) is 4.34. The number of hydrogen-bond acceptors (Lipinski definition) is 6. The summed E-state index contributed by atoms with van der Waals surface area (Å²) in [6, 6.07) is 22.1. The number of aromatic nitrogens is 5. The Morgan fingerprint density at radius 3 is 2.59 bits per heavy atom. The molecule has 3 heterocycles. The Morgan fingerprint density at radius 1 is 0.971 bits per heavy atom. The fourth-order valence-electron chi connectivity index (χ4n) is 3.84. The van der Waals surface area contributed by atoms with E-state index >= 15 is 0 Å². The number of nitrogens with zero attached hydrogens (tertiary/aromatic N) is 5. The largest absolute Gasteiger partial charge is 0.487 e. The zero-order valence-electron chi connectivity index (χ0n) is 18.1. The molecule has 3 aromatic carbocycles. The lowest BCUT2D eigenvalue weighted by molar-refractivity contribution is 0.301. The van der Waals surface area contributed by atoms with Gasteiger partial charge in [0, 0.05) is 21.2 Å². The first-order valence-electron chi connectivity index (χ1n) is 10.9. The maximum Gasteiger partial charge on any atom is 0.138 e. The third-order valence-corrected chi connectivity index (χ3v) is 6.30. The summed E-state index contributed by atoms with van der Waals surface area (Å²) < 4.78 is 8.84. The summed E-state index contributed by atoms with van der Waals surface area (Å²) in [4.78, 5) is 12.6. The summed E-state index contributed by atoms with van der Waals surface area (Å²) in [5.74, 6) is 2.52. The molecule has 0 aliphatic carbocycles. The second kappa shape index (κ2) is 8.90. The number of amidine groups is 1. The van der Waals surface area contributed by atoms with Gasteiger partial charge < -0.3 is 15.0 Å².